The van der Waals surface area contributed by atoms with E-state index in [2.05, 4.69) is 12.2 Å². The largest absolute Gasteiger partial charge is 0.339 e. The summed E-state index contributed by atoms with van der Waals surface area (Å²) in [5, 5.41) is 3.40. The summed E-state index contributed by atoms with van der Waals surface area (Å²) in [5.74, 6) is 0.909. The number of carbonyl (C=O) groups is 1. The monoisotopic (exact) mass is 260 g/mol. The van der Waals surface area contributed by atoms with E-state index in [4.69, 9.17) is 0 Å². The van der Waals surface area contributed by atoms with Gasteiger partial charge in [-0.15, -0.1) is 0 Å². The highest BCUT2D eigenvalue weighted by Gasteiger charge is 2.23. The molecule has 0 unspecified atom stereocenters. The maximum atomic E-state index is 12.4. The van der Waals surface area contributed by atoms with Crippen LogP contribution in [0, 0.1) is 12.8 Å². The van der Waals surface area contributed by atoms with Gasteiger partial charge in [-0.05, 0) is 50.9 Å². The summed E-state index contributed by atoms with van der Waals surface area (Å²) >= 11 is 0. The molecule has 1 fully saturated rings. The molecule has 3 heteroatoms. The van der Waals surface area contributed by atoms with Gasteiger partial charge in [0.25, 0.3) is 5.91 Å². The molecule has 0 atom stereocenters. The standard InChI is InChI=1S/C16H24N2O/c1-3-17-12-14-7-9-18(10-8-14)16(19)15-6-4-5-13(2)11-15/h4-6,11,14,17H,3,7-10,12H2,1-2H3. The van der Waals surface area contributed by atoms with Gasteiger partial charge in [-0.2, -0.15) is 0 Å². The molecule has 3 nitrogen and oxygen atoms in total. The summed E-state index contributed by atoms with van der Waals surface area (Å²) in [5.41, 5.74) is 1.97. The van der Waals surface area contributed by atoms with Crippen LogP contribution in [0.25, 0.3) is 0 Å². The Kier molecular flexibility index (Phi) is 4.97. The number of rotatable bonds is 4. The van der Waals surface area contributed by atoms with Crippen LogP contribution >= 0.6 is 0 Å². The van der Waals surface area contributed by atoms with E-state index in [1.165, 1.54) is 0 Å². The Labute approximate surface area is 116 Å². The Balaban J connectivity index is 1.89. The van der Waals surface area contributed by atoms with Crippen molar-refractivity contribution in [2.45, 2.75) is 26.7 Å². The predicted octanol–water partition coefficient (Wildman–Crippen LogP) is 2.46. The van der Waals surface area contributed by atoms with Crippen molar-refractivity contribution in [1.82, 2.24) is 10.2 Å². The van der Waals surface area contributed by atoms with Crippen LogP contribution in [0.15, 0.2) is 24.3 Å². The second kappa shape index (κ2) is 6.71. The number of nitrogens with one attached hydrogen (secondary N) is 1. The van der Waals surface area contributed by atoms with Gasteiger partial charge >= 0.3 is 0 Å². The number of piperidine rings is 1. The molecule has 1 heterocycles. The first-order valence-electron chi connectivity index (χ1n) is 7.27. The van der Waals surface area contributed by atoms with Gasteiger partial charge < -0.3 is 10.2 Å². The van der Waals surface area contributed by atoms with Gasteiger partial charge in [-0.3, -0.25) is 4.79 Å². The molecule has 2 rings (SSSR count). The van der Waals surface area contributed by atoms with E-state index < -0.39 is 0 Å². The third-order valence-corrected chi connectivity index (χ3v) is 3.85. The summed E-state index contributed by atoms with van der Waals surface area (Å²) in [7, 11) is 0. The Hall–Kier alpha value is -1.35. The van der Waals surface area contributed by atoms with Crippen molar-refractivity contribution in [1.29, 1.82) is 0 Å². The second-order valence-corrected chi connectivity index (χ2v) is 5.41. The highest BCUT2D eigenvalue weighted by molar-refractivity contribution is 5.94. The lowest BCUT2D eigenvalue weighted by Crippen LogP contribution is -2.40. The number of hydrogen-bond acceptors (Lipinski definition) is 2. The molecule has 1 saturated heterocycles. The third-order valence-electron chi connectivity index (χ3n) is 3.85. The van der Waals surface area contributed by atoms with Crippen molar-refractivity contribution in [3.63, 3.8) is 0 Å². The maximum Gasteiger partial charge on any atom is 0.253 e. The second-order valence-electron chi connectivity index (χ2n) is 5.41. The lowest BCUT2D eigenvalue weighted by Gasteiger charge is -2.32. The van der Waals surface area contributed by atoms with Crippen molar-refractivity contribution in [2.75, 3.05) is 26.2 Å². The maximum absolute atomic E-state index is 12.4. The minimum absolute atomic E-state index is 0.186. The van der Waals surface area contributed by atoms with Gasteiger partial charge in [-0.1, -0.05) is 24.6 Å². The molecule has 1 N–H and O–H groups in total. The van der Waals surface area contributed by atoms with Crippen molar-refractivity contribution >= 4 is 5.91 Å². The SMILES string of the molecule is CCNCC1CCN(C(=O)c2cccc(C)c2)CC1. The van der Waals surface area contributed by atoms with E-state index in [1.54, 1.807) is 0 Å². The van der Waals surface area contributed by atoms with Crippen molar-refractivity contribution < 1.29 is 4.79 Å². The molecular formula is C16H24N2O. The zero-order valence-electron chi connectivity index (χ0n) is 12.0. The summed E-state index contributed by atoms with van der Waals surface area (Å²) in [6.07, 6.45) is 2.23. The fourth-order valence-corrected chi connectivity index (χ4v) is 2.65. The third kappa shape index (κ3) is 3.80. The summed E-state index contributed by atoms with van der Waals surface area (Å²) in [6, 6.07) is 7.88. The number of nitrogens with zero attached hydrogens (tertiary/aromatic N) is 1. The van der Waals surface area contributed by atoms with E-state index in [0.717, 1.165) is 56.1 Å². The number of amides is 1. The molecule has 1 aromatic rings. The van der Waals surface area contributed by atoms with Gasteiger partial charge in [0.1, 0.15) is 0 Å². The van der Waals surface area contributed by atoms with Crippen LogP contribution in [0.3, 0.4) is 0 Å². The first kappa shape index (κ1) is 14.1. The number of likely N-dealkylation sites (tertiary alicyclic amines) is 1. The molecule has 0 saturated carbocycles. The zero-order chi connectivity index (χ0) is 13.7. The summed E-state index contributed by atoms with van der Waals surface area (Å²) in [4.78, 5) is 14.4. The van der Waals surface area contributed by atoms with Crippen molar-refractivity contribution in [3.8, 4) is 0 Å². The Bertz CT molecular complexity index is 423. The summed E-state index contributed by atoms with van der Waals surface area (Å²) in [6.45, 7) is 8.06. The Morgan fingerprint density at radius 2 is 2.11 bits per heavy atom. The molecule has 19 heavy (non-hydrogen) atoms. The number of carbonyl (C=O) groups excluding carboxylic acids is 1. The molecule has 1 aromatic carbocycles. The molecule has 0 spiro atoms. The average Bonchev–Trinajstić information content (AvgIpc) is 2.45. The molecule has 1 aliphatic heterocycles. The fourth-order valence-electron chi connectivity index (χ4n) is 2.65. The molecule has 0 aromatic heterocycles. The molecule has 1 amide bonds. The fraction of sp³-hybridized carbons (Fsp3) is 0.562. The van der Waals surface area contributed by atoms with Crippen LogP contribution in [0.5, 0.6) is 0 Å². The van der Waals surface area contributed by atoms with Crippen LogP contribution in [-0.4, -0.2) is 37.0 Å². The van der Waals surface area contributed by atoms with Gasteiger partial charge in [0.05, 0.1) is 0 Å². The Morgan fingerprint density at radius 3 is 2.74 bits per heavy atom. The number of hydrogen-bond donors (Lipinski definition) is 1. The van der Waals surface area contributed by atoms with Crippen molar-refractivity contribution in [2.24, 2.45) is 5.92 Å². The lowest BCUT2D eigenvalue weighted by atomic mass is 9.96. The summed E-state index contributed by atoms with van der Waals surface area (Å²) < 4.78 is 0. The molecule has 104 valence electrons. The van der Waals surface area contributed by atoms with Crippen LogP contribution in [-0.2, 0) is 0 Å². The minimum atomic E-state index is 0.186. The highest BCUT2D eigenvalue weighted by atomic mass is 16.2. The first-order valence-corrected chi connectivity index (χ1v) is 7.27. The number of aryl methyl sites for hydroxylation is 1. The molecule has 1 aliphatic rings. The molecule has 0 radical (unpaired) electrons. The normalized spacial score (nSPS) is 16.6. The van der Waals surface area contributed by atoms with E-state index in [0.29, 0.717) is 0 Å². The molecular weight excluding hydrogens is 236 g/mol. The minimum Gasteiger partial charge on any atom is -0.339 e. The van der Waals surface area contributed by atoms with Gasteiger partial charge in [0, 0.05) is 18.7 Å². The van der Waals surface area contributed by atoms with Gasteiger partial charge in [0.2, 0.25) is 0 Å². The van der Waals surface area contributed by atoms with E-state index in [9.17, 15) is 4.79 Å². The van der Waals surface area contributed by atoms with Crippen molar-refractivity contribution in [3.05, 3.63) is 35.4 Å². The van der Waals surface area contributed by atoms with Crippen LogP contribution in [0.2, 0.25) is 0 Å². The first-order chi connectivity index (χ1) is 9.20. The quantitative estimate of drug-likeness (QED) is 0.902. The number of benzene rings is 1. The molecule has 0 bridgehead atoms. The van der Waals surface area contributed by atoms with Crippen LogP contribution in [0.1, 0.15) is 35.7 Å². The lowest BCUT2D eigenvalue weighted by molar-refractivity contribution is 0.0690. The van der Waals surface area contributed by atoms with E-state index >= 15 is 0 Å². The smallest absolute Gasteiger partial charge is 0.253 e. The van der Waals surface area contributed by atoms with E-state index in [-0.39, 0.29) is 5.91 Å². The van der Waals surface area contributed by atoms with Gasteiger partial charge in [-0.25, -0.2) is 0 Å². The predicted molar refractivity (Wildman–Crippen MR) is 78.4 cm³/mol. The topological polar surface area (TPSA) is 32.3 Å². The average molecular weight is 260 g/mol. The van der Waals surface area contributed by atoms with E-state index in [1.807, 2.05) is 36.1 Å². The highest BCUT2D eigenvalue weighted by Crippen LogP contribution is 2.18. The van der Waals surface area contributed by atoms with Crippen LogP contribution in [0.4, 0.5) is 0 Å². The Morgan fingerprint density at radius 1 is 1.37 bits per heavy atom. The van der Waals surface area contributed by atoms with Crippen LogP contribution < -0.4 is 5.32 Å². The molecule has 0 aliphatic carbocycles. The zero-order valence-corrected chi connectivity index (χ0v) is 12.0. The van der Waals surface area contributed by atoms with Gasteiger partial charge in [0.15, 0.2) is 0 Å².